The van der Waals surface area contributed by atoms with Gasteiger partial charge in [-0.25, -0.2) is 9.37 Å². The Morgan fingerprint density at radius 2 is 1.94 bits per heavy atom. The molecule has 0 atom stereocenters. The number of pyridine rings is 1. The molecule has 0 saturated carbocycles. The molecule has 0 radical (unpaired) electrons. The molecule has 1 N–H and O–H groups in total. The van der Waals surface area contributed by atoms with Crippen LogP contribution in [0.4, 0.5) is 16.0 Å². The summed E-state index contributed by atoms with van der Waals surface area (Å²) in [5.41, 5.74) is 4.72. The number of fused-ring (bicyclic) bond motifs is 1. The molecule has 0 unspecified atom stereocenters. The van der Waals surface area contributed by atoms with E-state index in [0.29, 0.717) is 31.9 Å². The summed E-state index contributed by atoms with van der Waals surface area (Å²) >= 11 is 0. The molecule has 184 valence electrons. The molecule has 2 aliphatic heterocycles. The van der Waals surface area contributed by atoms with Gasteiger partial charge in [-0.1, -0.05) is 0 Å². The molecule has 0 spiro atoms. The van der Waals surface area contributed by atoms with E-state index < -0.39 is 5.82 Å². The number of halogens is 1. The third-order valence-corrected chi connectivity index (χ3v) is 6.70. The average molecular weight is 479 g/mol. The molecule has 1 fully saturated rings. The normalized spacial score (nSPS) is 15.5. The molecule has 5 rings (SSSR count). The summed E-state index contributed by atoms with van der Waals surface area (Å²) in [5.74, 6) is 0.441. The number of imidazole rings is 1. The fourth-order valence-electron chi connectivity index (χ4n) is 5.04. The SMILES string of the molecule is CCOc1cc(CN2CCc3c(cc(Cn4ccnc4NC)cc3N3CCCC3)C2=O)ncc1F. The second-order valence-corrected chi connectivity index (χ2v) is 8.98. The first-order chi connectivity index (χ1) is 17.1. The predicted octanol–water partition coefficient (Wildman–Crippen LogP) is 3.70. The van der Waals surface area contributed by atoms with Crippen molar-refractivity contribution in [1.82, 2.24) is 19.4 Å². The maximum Gasteiger partial charge on any atom is 0.254 e. The van der Waals surface area contributed by atoms with Gasteiger partial charge < -0.3 is 24.4 Å². The number of hydrogen-bond acceptors (Lipinski definition) is 6. The van der Waals surface area contributed by atoms with Gasteiger partial charge in [0.05, 0.1) is 31.6 Å². The van der Waals surface area contributed by atoms with Crippen LogP contribution < -0.4 is 15.0 Å². The highest BCUT2D eigenvalue weighted by molar-refractivity contribution is 5.98. The van der Waals surface area contributed by atoms with Gasteiger partial charge in [0.15, 0.2) is 11.6 Å². The number of nitrogens with zero attached hydrogens (tertiary/aromatic N) is 5. The Hall–Kier alpha value is -3.62. The lowest BCUT2D eigenvalue weighted by Crippen LogP contribution is -2.38. The van der Waals surface area contributed by atoms with Gasteiger partial charge in [-0.3, -0.25) is 9.78 Å². The van der Waals surface area contributed by atoms with Crippen LogP contribution in [-0.2, 0) is 19.5 Å². The predicted molar refractivity (Wildman–Crippen MR) is 133 cm³/mol. The smallest absolute Gasteiger partial charge is 0.254 e. The van der Waals surface area contributed by atoms with Crippen LogP contribution in [0.1, 0.15) is 46.9 Å². The summed E-state index contributed by atoms with van der Waals surface area (Å²) in [6.07, 6.45) is 7.98. The number of rotatable bonds is 8. The zero-order chi connectivity index (χ0) is 24.4. The molecule has 1 aromatic carbocycles. The summed E-state index contributed by atoms with van der Waals surface area (Å²) < 4.78 is 21.4. The first kappa shape index (κ1) is 23.1. The van der Waals surface area contributed by atoms with Crippen molar-refractivity contribution in [3.63, 3.8) is 0 Å². The van der Waals surface area contributed by atoms with E-state index in [9.17, 15) is 9.18 Å². The number of anilines is 2. The molecule has 3 aromatic rings. The summed E-state index contributed by atoms with van der Waals surface area (Å²) in [6, 6.07) is 5.85. The van der Waals surface area contributed by atoms with Crippen LogP contribution in [0.15, 0.2) is 36.8 Å². The Morgan fingerprint density at radius 1 is 1.11 bits per heavy atom. The average Bonchev–Trinajstić information content (AvgIpc) is 3.55. The highest BCUT2D eigenvalue weighted by Gasteiger charge is 2.30. The first-order valence-electron chi connectivity index (χ1n) is 12.2. The standard InChI is InChI=1S/C26H31FN6O2/c1-3-35-24-14-19(30-15-22(24)27)17-32-10-6-20-21(25(32)34)12-18(13-23(20)31-8-4-5-9-31)16-33-11-7-29-26(33)28-2/h7,11-15H,3-6,8-10,16-17H2,1-2H3,(H,28,29). The summed E-state index contributed by atoms with van der Waals surface area (Å²) in [7, 11) is 1.85. The van der Waals surface area contributed by atoms with Gasteiger partial charge in [-0.2, -0.15) is 0 Å². The van der Waals surface area contributed by atoms with Crippen molar-refractivity contribution in [3.8, 4) is 5.75 Å². The van der Waals surface area contributed by atoms with Gasteiger partial charge in [0, 0.05) is 56.4 Å². The Bertz CT molecular complexity index is 1220. The summed E-state index contributed by atoms with van der Waals surface area (Å²) in [4.78, 5) is 26.4. The van der Waals surface area contributed by atoms with Crippen LogP contribution >= 0.6 is 0 Å². The summed E-state index contributed by atoms with van der Waals surface area (Å²) in [5, 5.41) is 3.11. The van der Waals surface area contributed by atoms with Crippen molar-refractivity contribution in [3.05, 3.63) is 65.0 Å². The maximum absolute atomic E-state index is 14.0. The van der Waals surface area contributed by atoms with Crippen LogP contribution in [0, 0.1) is 5.82 Å². The number of nitrogens with one attached hydrogen (secondary N) is 1. The quantitative estimate of drug-likeness (QED) is 0.532. The second kappa shape index (κ2) is 9.93. The largest absolute Gasteiger partial charge is 0.491 e. The third-order valence-electron chi connectivity index (χ3n) is 6.70. The molecule has 9 heteroatoms. The van der Waals surface area contributed by atoms with Crippen molar-refractivity contribution in [2.24, 2.45) is 0 Å². The molecule has 1 saturated heterocycles. The lowest BCUT2D eigenvalue weighted by molar-refractivity contribution is 0.0724. The van der Waals surface area contributed by atoms with Gasteiger partial charge in [0.25, 0.3) is 5.91 Å². The van der Waals surface area contributed by atoms with E-state index in [0.717, 1.165) is 48.3 Å². The van der Waals surface area contributed by atoms with E-state index in [1.807, 2.05) is 30.8 Å². The van der Waals surface area contributed by atoms with Crippen LogP contribution in [0.2, 0.25) is 0 Å². The molecule has 1 amide bonds. The number of carbonyl (C=O) groups is 1. The molecule has 4 heterocycles. The molecule has 35 heavy (non-hydrogen) atoms. The van der Waals surface area contributed by atoms with Crippen molar-refractivity contribution < 1.29 is 13.9 Å². The first-order valence-corrected chi connectivity index (χ1v) is 12.2. The zero-order valence-electron chi connectivity index (χ0n) is 20.3. The topological polar surface area (TPSA) is 75.5 Å². The zero-order valence-corrected chi connectivity index (χ0v) is 20.3. The minimum absolute atomic E-state index is 0.0166. The number of carbonyl (C=O) groups excluding carboxylic acids is 1. The Balaban J connectivity index is 1.46. The van der Waals surface area contributed by atoms with Crippen molar-refractivity contribution in [1.29, 1.82) is 0 Å². The Kier molecular flexibility index (Phi) is 6.57. The molecular weight excluding hydrogens is 447 g/mol. The molecule has 0 aliphatic carbocycles. The summed E-state index contributed by atoms with van der Waals surface area (Å²) in [6.45, 7) is 5.73. The number of ether oxygens (including phenoxy) is 1. The van der Waals surface area contributed by atoms with Crippen LogP contribution in [-0.4, -0.2) is 58.6 Å². The molecule has 2 aliphatic rings. The number of benzene rings is 1. The van der Waals surface area contributed by atoms with Gasteiger partial charge >= 0.3 is 0 Å². The van der Waals surface area contributed by atoms with Crippen LogP contribution in [0.5, 0.6) is 5.75 Å². The Morgan fingerprint density at radius 3 is 2.71 bits per heavy atom. The van der Waals surface area contributed by atoms with Gasteiger partial charge in [-0.15, -0.1) is 0 Å². The monoisotopic (exact) mass is 478 g/mol. The van der Waals surface area contributed by atoms with Crippen molar-refractivity contribution in [2.75, 3.05) is 43.5 Å². The van der Waals surface area contributed by atoms with Crippen molar-refractivity contribution in [2.45, 2.75) is 39.3 Å². The lowest BCUT2D eigenvalue weighted by atomic mass is 9.93. The fourth-order valence-corrected chi connectivity index (χ4v) is 5.04. The second-order valence-electron chi connectivity index (χ2n) is 8.98. The van der Waals surface area contributed by atoms with Crippen LogP contribution in [0.25, 0.3) is 0 Å². The fraction of sp³-hybridized carbons (Fsp3) is 0.423. The lowest BCUT2D eigenvalue weighted by Gasteiger charge is -2.32. The minimum Gasteiger partial charge on any atom is -0.491 e. The van der Waals surface area contributed by atoms with E-state index >= 15 is 0 Å². The molecule has 2 aromatic heterocycles. The van der Waals surface area contributed by atoms with E-state index in [1.165, 1.54) is 18.5 Å². The van der Waals surface area contributed by atoms with Gasteiger partial charge in [-0.05, 0) is 49.4 Å². The van der Waals surface area contributed by atoms with Gasteiger partial charge in [0.1, 0.15) is 0 Å². The maximum atomic E-state index is 14.0. The third kappa shape index (κ3) is 4.67. The number of amides is 1. The van der Waals surface area contributed by atoms with E-state index in [4.69, 9.17) is 4.74 Å². The van der Waals surface area contributed by atoms with E-state index in [2.05, 4.69) is 26.3 Å². The Labute approximate surface area is 204 Å². The van der Waals surface area contributed by atoms with Gasteiger partial charge in [0.2, 0.25) is 5.95 Å². The number of hydrogen-bond donors (Lipinski definition) is 1. The number of aromatic nitrogens is 3. The molecular formula is C26H31FN6O2. The van der Waals surface area contributed by atoms with E-state index in [1.54, 1.807) is 17.2 Å². The molecule has 0 bridgehead atoms. The highest BCUT2D eigenvalue weighted by atomic mass is 19.1. The van der Waals surface area contributed by atoms with E-state index in [-0.39, 0.29) is 11.7 Å². The van der Waals surface area contributed by atoms with Crippen molar-refractivity contribution >= 4 is 17.5 Å². The highest BCUT2D eigenvalue weighted by Crippen LogP contribution is 2.34. The molecule has 8 nitrogen and oxygen atoms in total. The minimum atomic E-state index is -0.494. The van der Waals surface area contributed by atoms with Crippen LogP contribution in [0.3, 0.4) is 0 Å².